The first-order valence-corrected chi connectivity index (χ1v) is 9.55. The summed E-state index contributed by atoms with van der Waals surface area (Å²) in [6.07, 6.45) is 0. The van der Waals surface area contributed by atoms with Crippen LogP contribution in [0.3, 0.4) is 0 Å². The van der Waals surface area contributed by atoms with Crippen LogP contribution >= 0.6 is 0 Å². The molecule has 0 saturated carbocycles. The Balaban J connectivity index is 1.41. The molecule has 0 aliphatic carbocycles. The molecule has 144 valence electrons. The molecule has 27 heavy (non-hydrogen) atoms. The molecule has 0 amide bonds. The average Bonchev–Trinajstić information content (AvgIpc) is 3.17. The van der Waals surface area contributed by atoms with Crippen molar-refractivity contribution in [1.29, 1.82) is 0 Å². The van der Waals surface area contributed by atoms with Gasteiger partial charge in [0.25, 0.3) is 0 Å². The molecule has 0 radical (unpaired) electrons. The highest BCUT2D eigenvalue weighted by molar-refractivity contribution is 5.58. The van der Waals surface area contributed by atoms with Crippen molar-refractivity contribution in [2.45, 2.75) is 13.5 Å². The molecule has 2 heterocycles. The third-order valence-electron chi connectivity index (χ3n) is 5.15. The van der Waals surface area contributed by atoms with Crippen molar-refractivity contribution in [3.63, 3.8) is 0 Å². The predicted octanol–water partition coefficient (Wildman–Crippen LogP) is 1.73. The molecule has 0 atom stereocenters. The molecule has 6 heteroatoms. The van der Waals surface area contributed by atoms with Gasteiger partial charge in [-0.2, -0.15) is 0 Å². The molecule has 2 aliphatic rings. The maximum atomic E-state index is 5.79. The Morgan fingerprint density at radius 1 is 1.07 bits per heavy atom. The second-order valence-corrected chi connectivity index (χ2v) is 6.85. The summed E-state index contributed by atoms with van der Waals surface area (Å²) in [6.45, 7) is 8.12. The number of fused-ring (bicyclic) bond motifs is 1. The zero-order valence-electron chi connectivity index (χ0n) is 16.0. The van der Waals surface area contributed by atoms with Crippen molar-refractivity contribution in [2.24, 2.45) is 0 Å². The first-order valence-electron chi connectivity index (χ1n) is 9.55. The fourth-order valence-corrected chi connectivity index (χ4v) is 3.81. The molecular weight excluding hydrogens is 344 g/mol. The van der Waals surface area contributed by atoms with Crippen LogP contribution in [0.1, 0.15) is 12.5 Å². The van der Waals surface area contributed by atoms with Crippen molar-refractivity contribution in [3.05, 3.63) is 42.0 Å². The van der Waals surface area contributed by atoms with E-state index in [0.717, 1.165) is 50.0 Å². The van der Waals surface area contributed by atoms with Gasteiger partial charge in [0.1, 0.15) is 12.3 Å². The maximum Gasteiger partial charge on any atom is 0.231 e. The predicted molar refractivity (Wildman–Crippen MR) is 103 cm³/mol. The van der Waals surface area contributed by atoms with Crippen LogP contribution in [0.5, 0.6) is 23.0 Å². The number of benzene rings is 2. The molecule has 0 unspecified atom stereocenters. The van der Waals surface area contributed by atoms with Crippen LogP contribution in [-0.2, 0) is 6.54 Å². The van der Waals surface area contributed by atoms with Gasteiger partial charge in [-0.3, -0.25) is 0 Å². The van der Waals surface area contributed by atoms with Gasteiger partial charge in [0, 0.05) is 5.56 Å². The van der Waals surface area contributed by atoms with Gasteiger partial charge in [-0.05, 0) is 31.2 Å². The van der Waals surface area contributed by atoms with Crippen LogP contribution in [0, 0.1) is 0 Å². The van der Waals surface area contributed by atoms with E-state index in [-0.39, 0.29) is 6.79 Å². The lowest BCUT2D eigenvalue weighted by atomic mass is 10.1. The number of hydrogen-bond donors (Lipinski definition) is 1. The first-order chi connectivity index (χ1) is 13.3. The highest BCUT2D eigenvalue weighted by Gasteiger charge is 2.25. The molecular formula is C21H27N2O4+. The molecule has 2 aliphatic heterocycles. The summed E-state index contributed by atoms with van der Waals surface area (Å²) in [4.78, 5) is 3.98. The van der Waals surface area contributed by atoms with E-state index in [0.29, 0.717) is 12.4 Å². The zero-order valence-corrected chi connectivity index (χ0v) is 16.0. The summed E-state index contributed by atoms with van der Waals surface area (Å²) < 4.78 is 22.3. The van der Waals surface area contributed by atoms with Crippen molar-refractivity contribution in [3.8, 4) is 23.0 Å². The number of ether oxygens (including phenoxy) is 4. The molecule has 0 bridgehead atoms. The van der Waals surface area contributed by atoms with E-state index in [4.69, 9.17) is 18.9 Å². The van der Waals surface area contributed by atoms with Gasteiger partial charge in [0.15, 0.2) is 11.5 Å². The molecule has 1 N–H and O–H groups in total. The van der Waals surface area contributed by atoms with Crippen molar-refractivity contribution in [2.75, 3.05) is 51.6 Å². The number of methoxy groups -OCH3 is 1. The summed E-state index contributed by atoms with van der Waals surface area (Å²) in [6, 6.07) is 12.5. The Morgan fingerprint density at radius 2 is 1.89 bits per heavy atom. The Labute approximate surface area is 160 Å². The summed E-state index contributed by atoms with van der Waals surface area (Å²) in [7, 11) is 1.67. The number of quaternary nitrogens is 1. The zero-order chi connectivity index (χ0) is 18.6. The number of hydrogen-bond acceptors (Lipinski definition) is 5. The number of para-hydroxylation sites is 2. The number of anilines is 1. The normalized spacial score (nSPS) is 16.4. The second kappa shape index (κ2) is 7.96. The van der Waals surface area contributed by atoms with Gasteiger partial charge in [-0.15, -0.1) is 0 Å². The first kappa shape index (κ1) is 17.8. The van der Waals surface area contributed by atoms with E-state index >= 15 is 0 Å². The third-order valence-corrected chi connectivity index (χ3v) is 5.15. The Kier molecular flexibility index (Phi) is 5.25. The van der Waals surface area contributed by atoms with Gasteiger partial charge in [-0.25, -0.2) is 0 Å². The monoisotopic (exact) mass is 371 g/mol. The van der Waals surface area contributed by atoms with Gasteiger partial charge in [0.05, 0.1) is 45.6 Å². The van der Waals surface area contributed by atoms with Crippen molar-refractivity contribution < 1.29 is 23.8 Å². The second-order valence-electron chi connectivity index (χ2n) is 6.85. The largest absolute Gasteiger partial charge is 0.493 e. The Hall–Kier alpha value is -2.60. The number of nitrogens with one attached hydrogen (secondary N) is 1. The summed E-state index contributed by atoms with van der Waals surface area (Å²) in [5, 5.41) is 0. The van der Waals surface area contributed by atoms with Crippen LogP contribution in [0.25, 0.3) is 0 Å². The average molecular weight is 371 g/mol. The quantitative estimate of drug-likeness (QED) is 0.838. The Morgan fingerprint density at radius 3 is 2.67 bits per heavy atom. The molecule has 2 aromatic carbocycles. The number of nitrogens with zero attached hydrogens (tertiary/aromatic N) is 1. The van der Waals surface area contributed by atoms with Crippen molar-refractivity contribution >= 4 is 5.69 Å². The standard InChI is InChI=1S/C21H26N2O4/c1-3-25-18-7-5-4-6-17(18)23-10-8-22(9-11-23)14-16-12-19(24-2)21-20(13-16)26-15-27-21/h4-7,12-13H,3,8-11,14-15H2,1-2H3/p+1. The Bertz CT molecular complexity index is 788. The van der Waals surface area contributed by atoms with E-state index in [1.54, 1.807) is 12.0 Å². The smallest absolute Gasteiger partial charge is 0.231 e. The SMILES string of the molecule is CCOc1ccccc1N1CC[NH+](Cc2cc(OC)c3c(c2)OCO3)CC1. The fourth-order valence-electron chi connectivity index (χ4n) is 3.81. The molecule has 1 fully saturated rings. The molecule has 2 aromatic rings. The molecule has 6 nitrogen and oxygen atoms in total. The van der Waals surface area contributed by atoms with E-state index in [9.17, 15) is 0 Å². The molecule has 4 rings (SSSR count). The van der Waals surface area contributed by atoms with Crippen LogP contribution < -0.4 is 28.7 Å². The lowest BCUT2D eigenvalue weighted by Gasteiger charge is -2.34. The fraction of sp³-hybridized carbons (Fsp3) is 0.429. The molecule has 1 saturated heterocycles. The maximum absolute atomic E-state index is 5.79. The van der Waals surface area contributed by atoms with Crippen LogP contribution in [0.15, 0.2) is 36.4 Å². The van der Waals surface area contributed by atoms with Gasteiger partial charge in [0.2, 0.25) is 12.5 Å². The highest BCUT2D eigenvalue weighted by Crippen LogP contribution is 2.41. The minimum Gasteiger partial charge on any atom is -0.493 e. The van der Waals surface area contributed by atoms with Crippen molar-refractivity contribution in [1.82, 2.24) is 0 Å². The minimum absolute atomic E-state index is 0.264. The van der Waals surface area contributed by atoms with Crippen LogP contribution in [0.4, 0.5) is 5.69 Å². The molecule has 0 aromatic heterocycles. The van der Waals surface area contributed by atoms with Crippen LogP contribution in [0.2, 0.25) is 0 Å². The van der Waals surface area contributed by atoms with Crippen LogP contribution in [-0.4, -0.2) is 46.7 Å². The van der Waals surface area contributed by atoms with Gasteiger partial charge >= 0.3 is 0 Å². The summed E-state index contributed by atoms with van der Waals surface area (Å²) in [5.41, 5.74) is 2.41. The number of rotatable bonds is 6. The van der Waals surface area contributed by atoms with Gasteiger partial charge < -0.3 is 28.7 Å². The minimum atomic E-state index is 0.264. The lowest BCUT2D eigenvalue weighted by Crippen LogP contribution is -3.13. The topological polar surface area (TPSA) is 44.6 Å². The highest BCUT2D eigenvalue weighted by atomic mass is 16.7. The van der Waals surface area contributed by atoms with Gasteiger partial charge in [-0.1, -0.05) is 12.1 Å². The van der Waals surface area contributed by atoms with E-state index in [1.807, 2.05) is 13.0 Å². The summed E-state index contributed by atoms with van der Waals surface area (Å²) >= 11 is 0. The van der Waals surface area contributed by atoms with E-state index in [2.05, 4.69) is 35.2 Å². The number of piperazine rings is 1. The third kappa shape index (κ3) is 3.76. The van der Waals surface area contributed by atoms with E-state index in [1.165, 1.54) is 11.3 Å². The molecule has 0 spiro atoms. The lowest BCUT2D eigenvalue weighted by molar-refractivity contribution is -0.914. The summed E-state index contributed by atoms with van der Waals surface area (Å²) in [5.74, 6) is 3.23. The van der Waals surface area contributed by atoms with E-state index < -0.39 is 0 Å².